The van der Waals surface area contributed by atoms with Crippen LogP contribution >= 0.6 is 0 Å². The molecule has 1 N–H and O–H groups in total. The quantitative estimate of drug-likeness (QED) is 0.865. The third-order valence-corrected chi connectivity index (χ3v) is 2.32. The van der Waals surface area contributed by atoms with Gasteiger partial charge in [-0.05, 0) is 13.0 Å². The molecule has 0 aliphatic heterocycles. The van der Waals surface area contributed by atoms with Gasteiger partial charge in [0.05, 0.1) is 17.6 Å². The van der Waals surface area contributed by atoms with E-state index in [1.54, 1.807) is 17.1 Å². The van der Waals surface area contributed by atoms with Crippen LogP contribution in [0.4, 0.5) is 0 Å². The van der Waals surface area contributed by atoms with Crippen molar-refractivity contribution in [3.05, 3.63) is 36.0 Å². The summed E-state index contributed by atoms with van der Waals surface area (Å²) in [5, 5.41) is 7.62. The number of aromatic nitrogens is 4. The van der Waals surface area contributed by atoms with Crippen molar-refractivity contribution in [3.63, 3.8) is 0 Å². The van der Waals surface area contributed by atoms with Crippen LogP contribution in [0.2, 0.25) is 0 Å². The predicted octanol–water partition coefficient (Wildman–Crippen LogP) is 1.47. The second-order valence-corrected chi connectivity index (χ2v) is 4.31. The van der Waals surface area contributed by atoms with Crippen LogP contribution in [0.15, 0.2) is 24.7 Å². The summed E-state index contributed by atoms with van der Waals surface area (Å²) in [7, 11) is 0. The summed E-state index contributed by atoms with van der Waals surface area (Å²) in [5.41, 5.74) is 1.89. The van der Waals surface area contributed by atoms with Gasteiger partial charge in [0, 0.05) is 25.0 Å². The molecule has 90 valence electrons. The molecule has 5 heteroatoms. The zero-order valence-corrected chi connectivity index (χ0v) is 10.4. The van der Waals surface area contributed by atoms with E-state index in [-0.39, 0.29) is 0 Å². The molecule has 0 aromatic carbocycles. The van der Waals surface area contributed by atoms with Gasteiger partial charge < -0.3 is 5.32 Å². The Kier molecular flexibility index (Phi) is 3.49. The van der Waals surface area contributed by atoms with Crippen molar-refractivity contribution < 1.29 is 0 Å². The Labute approximate surface area is 101 Å². The third kappa shape index (κ3) is 3.10. The summed E-state index contributed by atoms with van der Waals surface area (Å²) in [6, 6.07) is 2.38. The van der Waals surface area contributed by atoms with E-state index in [1.807, 2.05) is 19.2 Å². The van der Waals surface area contributed by atoms with E-state index in [0.29, 0.717) is 6.04 Å². The topological polar surface area (TPSA) is 55.6 Å². The van der Waals surface area contributed by atoms with Gasteiger partial charge in [-0.15, -0.1) is 0 Å². The lowest BCUT2D eigenvalue weighted by molar-refractivity contribution is 0.578. The van der Waals surface area contributed by atoms with Crippen molar-refractivity contribution >= 4 is 0 Å². The maximum absolute atomic E-state index is 4.50. The average molecular weight is 231 g/mol. The van der Waals surface area contributed by atoms with Crippen LogP contribution in [0.1, 0.15) is 25.2 Å². The Morgan fingerprint density at radius 2 is 2.18 bits per heavy atom. The van der Waals surface area contributed by atoms with Crippen LogP contribution in [0, 0.1) is 6.92 Å². The lowest BCUT2D eigenvalue weighted by atomic mass is 10.3. The lowest BCUT2D eigenvalue weighted by Crippen LogP contribution is -2.22. The maximum atomic E-state index is 4.50. The molecule has 0 aliphatic rings. The molecule has 2 aromatic rings. The van der Waals surface area contributed by atoms with Crippen LogP contribution in [0.3, 0.4) is 0 Å². The van der Waals surface area contributed by atoms with Crippen LogP contribution in [-0.4, -0.2) is 25.8 Å². The van der Waals surface area contributed by atoms with Gasteiger partial charge in [-0.2, -0.15) is 5.10 Å². The van der Waals surface area contributed by atoms with Gasteiger partial charge in [0.15, 0.2) is 5.82 Å². The SMILES string of the molecule is Cc1ccn(-c2cncc(CNC(C)C)n2)n1. The highest BCUT2D eigenvalue weighted by atomic mass is 15.3. The van der Waals surface area contributed by atoms with E-state index in [0.717, 1.165) is 23.8 Å². The molecular formula is C12H17N5. The Morgan fingerprint density at radius 1 is 1.35 bits per heavy atom. The molecule has 0 saturated heterocycles. The highest BCUT2D eigenvalue weighted by molar-refractivity contribution is 5.19. The monoisotopic (exact) mass is 231 g/mol. The predicted molar refractivity (Wildman–Crippen MR) is 65.9 cm³/mol. The summed E-state index contributed by atoms with van der Waals surface area (Å²) < 4.78 is 1.74. The Morgan fingerprint density at radius 3 is 2.82 bits per heavy atom. The van der Waals surface area contributed by atoms with Gasteiger partial charge in [-0.3, -0.25) is 4.98 Å². The van der Waals surface area contributed by atoms with E-state index < -0.39 is 0 Å². The molecule has 0 radical (unpaired) electrons. The highest BCUT2D eigenvalue weighted by Crippen LogP contribution is 2.04. The largest absolute Gasteiger partial charge is 0.309 e. The molecule has 0 aliphatic carbocycles. The zero-order chi connectivity index (χ0) is 12.3. The molecule has 17 heavy (non-hydrogen) atoms. The minimum atomic E-state index is 0.437. The molecule has 0 fully saturated rings. The van der Waals surface area contributed by atoms with E-state index in [4.69, 9.17) is 0 Å². The normalized spacial score (nSPS) is 11.1. The number of rotatable bonds is 4. The van der Waals surface area contributed by atoms with Gasteiger partial charge in [0.1, 0.15) is 0 Å². The Bertz CT molecular complexity index is 489. The van der Waals surface area contributed by atoms with Crippen molar-refractivity contribution in [2.75, 3.05) is 0 Å². The number of aryl methyl sites for hydroxylation is 1. The van der Waals surface area contributed by atoms with Crippen molar-refractivity contribution in [1.82, 2.24) is 25.1 Å². The van der Waals surface area contributed by atoms with Gasteiger partial charge in [0.2, 0.25) is 0 Å². The van der Waals surface area contributed by atoms with Gasteiger partial charge >= 0.3 is 0 Å². The molecule has 2 rings (SSSR count). The first-order valence-electron chi connectivity index (χ1n) is 5.72. The summed E-state index contributed by atoms with van der Waals surface area (Å²) >= 11 is 0. The molecule has 0 spiro atoms. The van der Waals surface area contributed by atoms with Crippen LogP contribution in [0.5, 0.6) is 0 Å². The smallest absolute Gasteiger partial charge is 0.172 e. The molecule has 0 saturated carbocycles. The first-order chi connectivity index (χ1) is 8.15. The third-order valence-electron chi connectivity index (χ3n) is 2.32. The van der Waals surface area contributed by atoms with E-state index in [2.05, 4.69) is 34.2 Å². The van der Waals surface area contributed by atoms with Crippen LogP contribution < -0.4 is 5.32 Å². The number of hydrogen-bond donors (Lipinski definition) is 1. The zero-order valence-electron chi connectivity index (χ0n) is 10.4. The van der Waals surface area contributed by atoms with Crippen LogP contribution in [-0.2, 0) is 6.54 Å². The highest BCUT2D eigenvalue weighted by Gasteiger charge is 2.03. The van der Waals surface area contributed by atoms with E-state index in [9.17, 15) is 0 Å². The summed E-state index contributed by atoms with van der Waals surface area (Å²) in [6.45, 7) is 6.88. The Balaban J connectivity index is 2.16. The van der Waals surface area contributed by atoms with Crippen molar-refractivity contribution in [2.24, 2.45) is 0 Å². The second kappa shape index (κ2) is 5.05. The number of nitrogens with one attached hydrogen (secondary N) is 1. The number of nitrogens with zero attached hydrogens (tertiary/aromatic N) is 4. The van der Waals surface area contributed by atoms with Crippen molar-refractivity contribution in [3.8, 4) is 5.82 Å². The standard InChI is InChI=1S/C12H17N5/c1-9(2)14-7-11-6-13-8-12(15-11)17-5-4-10(3)16-17/h4-6,8-9,14H,7H2,1-3H3. The maximum Gasteiger partial charge on any atom is 0.172 e. The minimum absolute atomic E-state index is 0.437. The molecule has 0 unspecified atom stereocenters. The summed E-state index contributed by atoms with van der Waals surface area (Å²) in [6.07, 6.45) is 5.37. The minimum Gasteiger partial charge on any atom is -0.309 e. The number of hydrogen-bond acceptors (Lipinski definition) is 4. The fourth-order valence-electron chi connectivity index (χ4n) is 1.44. The molecule has 0 bridgehead atoms. The van der Waals surface area contributed by atoms with Crippen molar-refractivity contribution in [1.29, 1.82) is 0 Å². The Hall–Kier alpha value is -1.75. The molecular weight excluding hydrogens is 214 g/mol. The van der Waals surface area contributed by atoms with E-state index >= 15 is 0 Å². The first kappa shape index (κ1) is 11.7. The molecule has 2 heterocycles. The van der Waals surface area contributed by atoms with Gasteiger partial charge in [-0.1, -0.05) is 13.8 Å². The fraction of sp³-hybridized carbons (Fsp3) is 0.417. The summed E-state index contributed by atoms with van der Waals surface area (Å²) in [4.78, 5) is 8.69. The molecule has 5 nitrogen and oxygen atoms in total. The molecule has 2 aromatic heterocycles. The lowest BCUT2D eigenvalue weighted by Gasteiger charge is -2.08. The fourth-order valence-corrected chi connectivity index (χ4v) is 1.44. The van der Waals surface area contributed by atoms with E-state index in [1.165, 1.54) is 0 Å². The molecule has 0 amide bonds. The molecule has 0 atom stereocenters. The van der Waals surface area contributed by atoms with Gasteiger partial charge in [-0.25, -0.2) is 9.67 Å². The average Bonchev–Trinajstić information content (AvgIpc) is 2.74. The van der Waals surface area contributed by atoms with Crippen molar-refractivity contribution in [2.45, 2.75) is 33.4 Å². The first-order valence-corrected chi connectivity index (χ1v) is 5.72. The van der Waals surface area contributed by atoms with Crippen LogP contribution in [0.25, 0.3) is 5.82 Å². The summed E-state index contributed by atoms with van der Waals surface area (Å²) in [5.74, 6) is 0.751. The second-order valence-electron chi connectivity index (χ2n) is 4.31. The van der Waals surface area contributed by atoms with Gasteiger partial charge in [0.25, 0.3) is 0 Å².